The van der Waals surface area contributed by atoms with Gasteiger partial charge in [0, 0.05) is 6.54 Å². The lowest BCUT2D eigenvalue weighted by Crippen LogP contribution is -2.26. The molecule has 3 heterocycles. The fraction of sp³-hybridized carbons (Fsp3) is 0.643. The monoisotopic (exact) mass is 501 g/mol. The van der Waals surface area contributed by atoms with Crippen molar-refractivity contribution in [2.24, 2.45) is 0 Å². The highest BCUT2D eigenvalue weighted by atomic mass is 32.7. The van der Waals surface area contributed by atoms with Crippen LogP contribution in [0.1, 0.15) is 12.2 Å². The molecule has 30 heavy (non-hydrogen) atoms. The largest absolute Gasteiger partial charge is 0.475 e. The Labute approximate surface area is 183 Å². The second-order valence-electron chi connectivity index (χ2n) is 6.26. The summed E-state index contributed by atoms with van der Waals surface area (Å²) in [5, 5.41) is 9.75. The van der Waals surface area contributed by atoms with Gasteiger partial charge in [0.25, 0.3) is 0 Å². The standard InChI is InChI=1S/C14H22N4O8P2S2/c1-22-27(20,29)24-4-2-3-18-13(17-10-5-15-9-16-14(10)18)8-25-28(21,30)26-12-7-23-6-11(12)19/h5,9,11-12,19-20,29H,2-4,6-8H2,1H3/p+1. The lowest BCUT2D eigenvalue weighted by molar-refractivity contribution is 0.0539. The molecular weight excluding hydrogens is 478 g/mol. The first-order valence-electron chi connectivity index (χ1n) is 8.82. The molecule has 0 radical (unpaired) electrons. The predicted octanol–water partition coefficient (Wildman–Crippen LogP) is 0.989. The number of ether oxygens (including phenoxy) is 1. The normalized spacial score (nSPS) is 23.5. The molecule has 168 valence electrons. The Morgan fingerprint density at radius 1 is 1.47 bits per heavy atom. The Bertz CT molecular complexity index is 904. The molecule has 16 heteroatoms. The third-order valence-corrected chi connectivity index (χ3v) is 7.54. The molecule has 0 aliphatic carbocycles. The topological polar surface area (TPSA) is 150 Å². The molecule has 3 N–H and O–H groups in total. The second kappa shape index (κ2) is 10.5. The Hall–Kier alpha value is -0.340. The third-order valence-electron chi connectivity index (χ3n) is 4.14. The van der Waals surface area contributed by atoms with E-state index >= 15 is 0 Å². The summed E-state index contributed by atoms with van der Waals surface area (Å²) in [4.78, 5) is 32.7. The summed E-state index contributed by atoms with van der Waals surface area (Å²) in [5.74, 6) is 0.447. The number of rotatable bonds is 11. The van der Waals surface area contributed by atoms with Crippen molar-refractivity contribution in [3.63, 3.8) is 0 Å². The van der Waals surface area contributed by atoms with E-state index in [1.807, 2.05) is 0 Å². The molecule has 2 aromatic heterocycles. The minimum Gasteiger partial charge on any atom is -0.388 e. The van der Waals surface area contributed by atoms with Gasteiger partial charge in [0.2, 0.25) is 0 Å². The zero-order chi connectivity index (χ0) is 21.8. The van der Waals surface area contributed by atoms with Crippen LogP contribution < -0.4 is 0 Å². The highest BCUT2D eigenvalue weighted by Crippen LogP contribution is 2.60. The van der Waals surface area contributed by atoms with Gasteiger partial charge in [-0.1, -0.05) is 0 Å². The smallest absolute Gasteiger partial charge is 0.388 e. The number of aryl methyl sites for hydroxylation is 1. The van der Waals surface area contributed by atoms with E-state index in [2.05, 4.69) is 27.2 Å². The average molecular weight is 501 g/mol. The molecule has 0 saturated carbocycles. The number of aromatic nitrogens is 4. The van der Waals surface area contributed by atoms with Gasteiger partial charge in [-0.25, -0.2) is 15.0 Å². The quantitative estimate of drug-likeness (QED) is 0.197. The Morgan fingerprint density at radius 3 is 2.97 bits per heavy atom. The molecule has 3 rings (SSSR count). The summed E-state index contributed by atoms with van der Waals surface area (Å²) in [6.45, 7) is -2.93. The molecule has 4 unspecified atom stereocenters. The molecule has 1 aliphatic heterocycles. The van der Waals surface area contributed by atoms with Gasteiger partial charge in [0.05, 0.1) is 38.8 Å². The molecule has 0 amide bonds. The fourth-order valence-corrected chi connectivity index (χ4v) is 4.78. The molecule has 2 aromatic rings. The van der Waals surface area contributed by atoms with E-state index in [0.29, 0.717) is 30.0 Å². The minimum atomic E-state index is -3.64. The number of imidazole rings is 1. The van der Waals surface area contributed by atoms with Crippen LogP contribution in [0.15, 0.2) is 12.5 Å². The maximum Gasteiger partial charge on any atom is 0.475 e. The first-order valence-corrected chi connectivity index (χ1v) is 14.1. The molecule has 1 aliphatic rings. The summed E-state index contributed by atoms with van der Waals surface area (Å²) >= 11 is 8.96. The van der Waals surface area contributed by atoms with Crippen molar-refractivity contribution in [3.05, 3.63) is 18.3 Å². The molecule has 1 fully saturated rings. The van der Waals surface area contributed by atoms with Crippen LogP contribution in [0.2, 0.25) is 0 Å². The van der Waals surface area contributed by atoms with E-state index in [4.69, 9.17) is 34.6 Å². The number of aliphatic hydroxyl groups excluding tert-OH is 1. The SMILES string of the molecule is CO[P+](O)(S)OCCCn1c(COP(O)(=S)OC2COCC2O)nc2cncnc21. The van der Waals surface area contributed by atoms with Crippen LogP contribution in [0.25, 0.3) is 11.2 Å². The van der Waals surface area contributed by atoms with Gasteiger partial charge >= 0.3 is 13.9 Å². The van der Waals surface area contributed by atoms with Crippen LogP contribution in [-0.4, -0.2) is 73.6 Å². The maximum atomic E-state index is 10.3. The summed E-state index contributed by atoms with van der Waals surface area (Å²) in [7, 11) is -1.80. The van der Waals surface area contributed by atoms with Gasteiger partial charge in [0.1, 0.15) is 43.1 Å². The van der Waals surface area contributed by atoms with Gasteiger partial charge in [-0.15, -0.1) is 0 Å². The van der Waals surface area contributed by atoms with Crippen LogP contribution in [0.3, 0.4) is 0 Å². The van der Waals surface area contributed by atoms with Gasteiger partial charge in [0.15, 0.2) is 5.65 Å². The summed E-state index contributed by atoms with van der Waals surface area (Å²) < 4.78 is 27.6. The zero-order valence-corrected chi connectivity index (χ0v) is 19.5. The van der Waals surface area contributed by atoms with E-state index in [1.165, 1.54) is 13.4 Å². The van der Waals surface area contributed by atoms with Crippen molar-refractivity contribution in [1.29, 1.82) is 0 Å². The lowest BCUT2D eigenvalue weighted by Gasteiger charge is -2.21. The molecule has 0 aromatic carbocycles. The van der Waals surface area contributed by atoms with Crippen molar-refractivity contribution < 1.29 is 37.7 Å². The maximum absolute atomic E-state index is 10.3. The van der Waals surface area contributed by atoms with Crippen molar-refractivity contribution >= 4 is 49.1 Å². The van der Waals surface area contributed by atoms with Crippen molar-refractivity contribution in [3.8, 4) is 0 Å². The molecule has 12 nitrogen and oxygen atoms in total. The summed E-state index contributed by atoms with van der Waals surface area (Å²) in [6, 6.07) is 0. The number of fused-ring (bicyclic) bond motifs is 1. The van der Waals surface area contributed by atoms with E-state index in [-0.39, 0.29) is 26.4 Å². The van der Waals surface area contributed by atoms with Crippen LogP contribution in [-0.2, 0) is 47.8 Å². The van der Waals surface area contributed by atoms with E-state index in [0.717, 1.165) is 0 Å². The van der Waals surface area contributed by atoms with Crippen molar-refractivity contribution in [1.82, 2.24) is 19.5 Å². The Balaban J connectivity index is 1.65. The number of hydrogen-bond acceptors (Lipinski definition) is 12. The van der Waals surface area contributed by atoms with E-state index in [1.54, 1.807) is 10.8 Å². The highest BCUT2D eigenvalue weighted by Gasteiger charge is 2.34. The number of thiol groups is 1. The van der Waals surface area contributed by atoms with Gasteiger partial charge in [-0.3, -0.25) is 0 Å². The van der Waals surface area contributed by atoms with Crippen LogP contribution in [0.5, 0.6) is 0 Å². The van der Waals surface area contributed by atoms with E-state index < -0.39 is 26.1 Å². The van der Waals surface area contributed by atoms with Crippen LogP contribution >= 0.6 is 26.1 Å². The first-order chi connectivity index (χ1) is 14.2. The molecule has 4 atom stereocenters. The summed E-state index contributed by atoms with van der Waals surface area (Å²) in [5.41, 5.74) is 1.11. The molecular formula is C14H23N4O8P2S2+. The second-order valence-corrected chi connectivity index (χ2v) is 12.2. The Kier molecular flexibility index (Phi) is 8.52. The highest BCUT2D eigenvalue weighted by molar-refractivity contribution is 8.47. The van der Waals surface area contributed by atoms with Crippen LogP contribution in [0.4, 0.5) is 0 Å². The molecule has 0 bridgehead atoms. The minimum absolute atomic E-state index is 0.114. The van der Waals surface area contributed by atoms with Crippen molar-refractivity contribution in [2.45, 2.75) is 31.8 Å². The fourth-order valence-electron chi connectivity index (χ4n) is 2.69. The van der Waals surface area contributed by atoms with Gasteiger partial charge < -0.3 is 28.4 Å². The predicted molar refractivity (Wildman–Crippen MR) is 114 cm³/mol. The molecule has 1 saturated heterocycles. The van der Waals surface area contributed by atoms with E-state index in [9.17, 15) is 14.9 Å². The number of hydrogen-bond donors (Lipinski definition) is 4. The average Bonchev–Trinajstić information content (AvgIpc) is 3.26. The van der Waals surface area contributed by atoms with Gasteiger partial charge in [-0.2, -0.15) is 13.9 Å². The number of aliphatic hydroxyl groups is 1. The van der Waals surface area contributed by atoms with Crippen molar-refractivity contribution in [2.75, 3.05) is 26.9 Å². The Morgan fingerprint density at radius 2 is 2.27 bits per heavy atom. The number of nitrogens with zero attached hydrogens (tertiary/aromatic N) is 4. The first kappa shape index (κ1) is 24.3. The lowest BCUT2D eigenvalue weighted by atomic mass is 10.3. The zero-order valence-electron chi connectivity index (χ0n) is 16.0. The third kappa shape index (κ3) is 6.58. The molecule has 0 spiro atoms. The van der Waals surface area contributed by atoms with Gasteiger partial charge in [-0.05, 0) is 18.2 Å². The summed E-state index contributed by atoms with van der Waals surface area (Å²) in [6.07, 6.45) is 1.82. The van der Waals surface area contributed by atoms with Crippen LogP contribution in [0, 0.1) is 0 Å².